The third kappa shape index (κ3) is 8.22. The number of rotatable bonds is 8. The van der Waals surface area contributed by atoms with E-state index in [1.165, 1.54) is 0 Å². The molecule has 2 N–H and O–H groups in total. The number of alkyl carbamates (subject to hydrolysis) is 1. The Morgan fingerprint density at radius 3 is 2.63 bits per heavy atom. The molecule has 1 aliphatic heterocycles. The molecule has 168 valence electrons. The van der Waals surface area contributed by atoms with Gasteiger partial charge in [-0.3, -0.25) is 4.99 Å². The molecule has 1 aromatic carbocycles. The predicted molar refractivity (Wildman–Crippen MR) is 121 cm³/mol. The van der Waals surface area contributed by atoms with E-state index in [0.29, 0.717) is 12.5 Å². The fourth-order valence-corrected chi connectivity index (χ4v) is 3.42. The van der Waals surface area contributed by atoms with E-state index < -0.39 is 11.7 Å². The third-order valence-electron chi connectivity index (χ3n) is 4.79. The van der Waals surface area contributed by atoms with E-state index in [2.05, 4.69) is 22.5 Å². The molecule has 0 radical (unpaired) electrons. The monoisotopic (exact) mass is 418 g/mol. The van der Waals surface area contributed by atoms with Crippen molar-refractivity contribution in [1.29, 1.82) is 0 Å². The van der Waals surface area contributed by atoms with Gasteiger partial charge in [0.25, 0.3) is 0 Å². The summed E-state index contributed by atoms with van der Waals surface area (Å²) in [4.78, 5) is 19.5. The van der Waals surface area contributed by atoms with Gasteiger partial charge in [-0.2, -0.15) is 0 Å². The Hall–Kier alpha value is -2.28. The van der Waals surface area contributed by atoms with Crippen LogP contribution >= 0.6 is 0 Å². The van der Waals surface area contributed by atoms with E-state index in [0.717, 1.165) is 50.8 Å². The topological polar surface area (TPSA) is 75.2 Å². The minimum Gasteiger partial charge on any atom is -0.444 e. The number of hydrogen-bond donors (Lipinski definition) is 2. The lowest BCUT2D eigenvalue weighted by molar-refractivity contribution is 0.0505. The molecule has 1 amide bonds. The van der Waals surface area contributed by atoms with Gasteiger partial charge in [0.15, 0.2) is 5.96 Å². The zero-order valence-corrected chi connectivity index (χ0v) is 19.1. The third-order valence-corrected chi connectivity index (χ3v) is 4.79. The highest BCUT2D eigenvalue weighted by Gasteiger charge is 2.26. The first-order chi connectivity index (χ1) is 14.3. The molecule has 0 bridgehead atoms. The largest absolute Gasteiger partial charge is 0.444 e. The molecular formula is C23H38N4O3. The highest BCUT2D eigenvalue weighted by molar-refractivity contribution is 5.80. The minimum atomic E-state index is -0.547. The number of guanidine groups is 1. The summed E-state index contributed by atoms with van der Waals surface area (Å²) < 4.78 is 11.1. The van der Waals surface area contributed by atoms with E-state index in [1.54, 1.807) is 0 Å². The molecule has 7 nitrogen and oxygen atoms in total. The van der Waals surface area contributed by atoms with Crippen LogP contribution in [0.25, 0.3) is 0 Å². The van der Waals surface area contributed by atoms with Crippen molar-refractivity contribution in [2.45, 2.75) is 52.7 Å². The number of aliphatic imine (C=N–C) groups is 1. The van der Waals surface area contributed by atoms with Crippen molar-refractivity contribution in [3.8, 4) is 0 Å². The molecule has 2 unspecified atom stereocenters. The minimum absolute atomic E-state index is 0.267. The van der Waals surface area contributed by atoms with Crippen LogP contribution in [0.2, 0.25) is 0 Å². The van der Waals surface area contributed by atoms with Gasteiger partial charge < -0.3 is 25.0 Å². The van der Waals surface area contributed by atoms with Crippen molar-refractivity contribution >= 4 is 12.1 Å². The fourth-order valence-electron chi connectivity index (χ4n) is 3.42. The Bertz CT molecular complexity index is 673. The SMILES string of the molecule is CCNC(=NCC(NC(=O)OC(C)(C)C)c1ccccc1)N1CCC(COCC)C1. The highest BCUT2D eigenvalue weighted by atomic mass is 16.6. The maximum absolute atomic E-state index is 12.4. The standard InChI is InChI=1S/C23H38N4O3/c1-6-24-21(27-14-13-18(16-27)17-29-7-2)25-15-20(19-11-9-8-10-12-19)26-22(28)30-23(3,4)5/h8-12,18,20H,6-7,13-17H2,1-5H3,(H,24,25)(H,26,28). The van der Waals surface area contributed by atoms with Crippen LogP contribution in [0.3, 0.4) is 0 Å². The highest BCUT2D eigenvalue weighted by Crippen LogP contribution is 2.18. The van der Waals surface area contributed by atoms with E-state index in [1.807, 2.05) is 58.0 Å². The molecule has 0 spiro atoms. The molecule has 2 rings (SSSR count). The zero-order chi connectivity index (χ0) is 22.0. The summed E-state index contributed by atoms with van der Waals surface area (Å²) in [6.07, 6.45) is 0.664. The van der Waals surface area contributed by atoms with Gasteiger partial charge in [0.1, 0.15) is 5.60 Å². The summed E-state index contributed by atoms with van der Waals surface area (Å²) >= 11 is 0. The molecule has 1 aliphatic rings. The lowest BCUT2D eigenvalue weighted by atomic mass is 10.1. The normalized spacial score (nSPS) is 18.2. The zero-order valence-electron chi connectivity index (χ0n) is 19.1. The first-order valence-electron chi connectivity index (χ1n) is 11.0. The number of carbonyl (C=O) groups is 1. The number of carbonyl (C=O) groups excluding carboxylic acids is 1. The first-order valence-corrected chi connectivity index (χ1v) is 11.0. The number of amides is 1. The van der Waals surface area contributed by atoms with Crippen LogP contribution < -0.4 is 10.6 Å². The summed E-state index contributed by atoms with van der Waals surface area (Å²) in [5.74, 6) is 1.40. The summed E-state index contributed by atoms with van der Waals surface area (Å²) in [6, 6.07) is 9.62. The van der Waals surface area contributed by atoms with Crippen LogP contribution in [0.1, 0.15) is 52.6 Å². The molecule has 0 aromatic heterocycles. The number of ether oxygens (including phenoxy) is 2. The predicted octanol–water partition coefficient (Wildman–Crippen LogP) is 3.58. The second kappa shape index (κ2) is 11.8. The molecular weight excluding hydrogens is 380 g/mol. The first kappa shape index (κ1) is 24.0. The van der Waals surface area contributed by atoms with Crippen molar-refractivity contribution in [2.75, 3.05) is 39.4 Å². The number of nitrogens with zero attached hydrogens (tertiary/aromatic N) is 2. The van der Waals surface area contributed by atoms with Gasteiger partial charge in [-0.25, -0.2) is 4.79 Å². The van der Waals surface area contributed by atoms with Gasteiger partial charge in [0.2, 0.25) is 0 Å². The lowest BCUT2D eigenvalue weighted by Gasteiger charge is -2.25. The molecule has 1 aromatic rings. The van der Waals surface area contributed by atoms with Crippen molar-refractivity contribution < 1.29 is 14.3 Å². The molecule has 1 fully saturated rings. The number of benzene rings is 1. The summed E-state index contributed by atoms with van der Waals surface area (Å²) in [5.41, 5.74) is 0.452. The van der Waals surface area contributed by atoms with E-state index in [-0.39, 0.29) is 6.04 Å². The maximum Gasteiger partial charge on any atom is 0.408 e. The summed E-state index contributed by atoms with van der Waals surface area (Å²) in [6.45, 7) is 14.3. The smallest absolute Gasteiger partial charge is 0.408 e. The molecule has 0 saturated carbocycles. The fraction of sp³-hybridized carbons (Fsp3) is 0.652. The van der Waals surface area contributed by atoms with Gasteiger partial charge in [0, 0.05) is 32.2 Å². The Morgan fingerprint density at radius 1 is 1.27 bits per heavy atom. The van der Waals surface area contributed by atoms with Crippen LogP contribution in [0.15, 0.2) is 35.3 Å². The van der Waals surface area contributed by atoms with Gasteiger partial charge in [0.05, 0.1) is 19.2 Å². The van der Waals surface area contributed by atoms with Gasteiger partial charge in [-0.15, -0.1) is 0 Å². The summed E-state index contributed by atoms with van der Waals surface area (Å²) in [5, 5.41) is 6.37. The van der Waals surface area contributed by atoms with Gasteiger partial charge >= 0.3 is 6.09 Å². The number of nitrogens with one attached hydrogen (secondary N) is 2. The van der Waals surface area contributed by atoms with Gasteiger partial charge in [-0.1, -0.05) is 30.3 Å². The number of hydrogen-bond acceptors (Lipinski definition) is 4. The van der Waals surface area contributed by atoms with Crippen LogP contribution in [0.4, 0.5) is 4.79 Å². The molecule has 2 atom stereocenters. The Balaban J connectivity index is 2.09. The molecule has 30 heavy (non-hydrogen) atoms. The molecule has 1 heterocycles. The number of likely N-dealkylation sites (tertiary alicyclic amines) is 1. The molecule has 7 heteroatoms. The Labute approximate surface area is 181 Å². The van der Waals surface area contributed by atoms with Crippen LogP contribution in [0, 0.1) is 5.92 Å². The van der Waals surface area contributed by atoms with E-state index in [4.69, 9.17) is 14.5 Å². The second-order valence-corrected chi connectivity index (χ2v) is 8.56. The maximum atomic E-state index is 12.4. The van der Waals surface area contributed by atoms with Gasteiger partial charge in [-0.05, 0) is 46.6 Å². The van der Waals surface area contributed by atoms with Crippen molar-refractivity contribution in [1.82, 2.24) is 15.5 Å². The van der Waals surface area contributed by atoms with Crippen LogP contribution in [-0.4, -0.2) is 61.9 Å². The quantitative estimate of drug-likeness (QED) is 0.499. The average Bonchev–Trinajstić information content (AvgIpc) is 3.16. The average molecular weight is 419 g/mol. The van der Waals surface area contributed by atoms with Crippen LogP contribution in [-0.2, 0) is 9.47 Å². The van der Waals surface area contributed by atoms with E-state index in [9.17, 15) is 4.79 Å². The van der Waals surface area contributed by atoms with Crippen LogP contribution in [0.5, 0.6) is 0 Å². The molecule has 0 aliphatic carbocycles. The lowest BCUT2D eigenvalue weighted by Crippen LogP contribution is -2.41. The van der Waals surface area contributed by atoms with Crippen molar-refractivity contribution in [2.24, 2.45) is 10.9 Å². The second-order valence-electron chi connectivity index (χ2n) is 8.56. The Morgan fingerprint density at radius 2 is 2.00 bits per heavy atom. The van der Waals surface area contributed by atoms with Crippen molar-refractivity contribution in [3.63, 3.8) is 0 Å². The Kier molecular flexibility index (Phi) is 9.43. The summed E-state index contributed by atoms with van der Waals surface area (Å²) in [7, 11) is 0. The van der Waals surface area contributed by atoms with E-state index >= 15 is 0 Å². The van der Waals surface area contributed by atoms with Crippen molar-refractivity contribution in [3.05, 3.63) is 35.9 Å². The molecule has 1 saturated heterocycles.